The lowest BCUT2D eigenvalue weighted by Gasteiger charge is -2.19. The van der Waals surface area contributed by atoms with Crippen LogP contribution in [0.2, 0.25) is 0 Å². The number of nitrogens with zero attached hydrogens (tertiary/aromatic N) is 3. The molecule has 0 bridgehead atoms. The summed E-state index contributed by atoms with van der Waals surface area (Å²) in [6, 6.07) is 14.5. The van der Waals surface area contributed by atoms with Crippen LogP contribution in [0.15, 0.2) is 53.7 Å². The molecule has 1 amide bonds. The summed E-state index contributed by atoms with van der Waals surface area (Å²) in [5.41, 5.74) is 3.56. The number of esters is 3. The van der Waals surface area contributed by atoms with E-state index in [2.05, 4.69) is 5.18 Å². The summed E-state index contributed by atoms with van der Waals surface area (Å²) >= 11 is 1.01. The number of fused-ring (bicyclic) bond motifs is 1. The Morgan fingerprint density at radius 3 is 1.20 bits per heavy atom. The van der Waals surface area contributed by atoms with Gasteiger partial charge in [0.05, 0.1) is 69.1 Å². The summed E-state index contributed by atoms with van der Waals surface area (Å²) in [5.74, 6) is 0.207. The number of carbonyl (C=O) groups excluding carboxylic acids is 4. The molecule has 0 radical (unpaired) electrons. The molecule has 0 aliphatic heterocycles. The zero-order valence-corrected chi connectivity index (χ0v) is 32.7. The average molecular weight is 794 g/mol. The Balaban J connectivity index is 1.73. The molecule has 4 aromatic rings. The van der Waals surface area contributed by atoms with Gasteiger partial charge in [-0.25, -0.2) is 0 Å². The molecule has 56 heavy (non-hydrogen) atoms. The molecule has 0 saturated carbocycles. The second-order valence-electron chi connectivity index (χ2n) is 12.1. The highest BCUT2D eigenvalue weighted by Crippen LogP contribution is 2.47. The number of ether oxygens (including phenoxy) is 7. The molecule has 0 spiro atoms. The summed E-state index contributed by atoms with van der Waals surface area (Å²) < 4.78 is 49.5. The van der Waals surface area contributed by atoms with Gasteiger partial charge < -0.3 is 33.2 Å². The van der Waals surface area contributed by atoms with Crippen LogP contribution in [0.1, 0.15) is 72.1 Å². The minimum Gasteiger partial charge on any atom is -0.493 e. The van der Waals surface area contributed by atoms with Crippen LogP contribution in [-0.4, -0.2) is 78.8 Å². The van der Waals surface area contributed by atoms with E-state index in [0.29, 0.717) is 95.4 Å². The zero-order valence-electron chi connectivity index (χ0n) is 31.9. The van der Waals surface area contributed by atoms with Gasteiger partial charge in [0, 0.05) is 42.0 Å². The molecule has 0 saturated heterocycles. The van der Waals surface area contributed by atoms with Crippen LogP contribution in [0.4, 0.5) is 0 Å². The van der Waals surface area contributed by atoms with E-state index < -0.39 is 5.91 Å². The van der Waals surface area contributed by atoms with Crippen molar-refractivity contribution in [1.82, 2.24) is 8.75 Å². The van der Waals surface area contributed by atoms with Crippen LogP contribution in [0.25, 0.3) is 33.3 Å². The Labute approximate surface area is 329 Å². The summed E-state index contributed by atoms with van der Waals surface area (Å²) in [7, 11) is 0. The quantitative estimate of drug-likeness (QED) is 0.0275. The van der Waals surface area contributed by atoms with Gasteiger partial charge in [0.1, 0.15) is 34.0 Å². The molecule has 0 aliphatic carbocycles. The molecule has 0 unspecified atom stereocenters. The normalized spacial score (nSPS) is 10.8. The lowest BCUT2D eigenvalue weighted by Crippen LogP contribution is -2.08. The van der Waals surface area contributed by atoms with Crippen molar-refractivity contribution in [3.8, 4) is 45.3 Å². The van der Waals surface area contributed by atoms with Crippen LogP contribution in [-0.2, 0) is 33.4 Å². The Kier molecular flexibility index (Phi) is 17.9. The molecule has 1 heterocycles. The average Bonchev–Trinajstić information content (AvgIpc) is 3.69. The van der Waals surface area contributed by atoms with Gasteiger partial charge in [-0.3, -0.25) is 19.2 Å². The van der Waals surface area contributed by atoms with Crippen molar-refractivity contribution in [3.05, 3.63) is 53.4 Å². The SMILES string of the molecule is CCOC(=O)CCCOc1cccc(OCCCC(=O)N=O)c1-c1ccc(-c2c(OCCCC(=O)OCC)cccc2OCCCC(=O)OCC)c2nsnc12. The van der Waals surface area contributed by atoms with E-state index in [0.717, 1.165) is 11.7 Å². The Hall–Kier alpha value is -5.64. The van der Waals surface area contributed by atoms with E-state index in [9.17, 15) is 24.1 Å². The monoisotopic (exact) mass is 793 g/mol. The van der Waals surface area contributed by atoms with E-state index in [-0.39, 0.29) is 76.4 Å². The third-order valence-electron chi connectivity index (χ3n) is 8.09. The summed E-state index contributed by atoms with van der Waals surface area (Å²) in [6.45, 7) is 6.94. The van der Waals surface area contributed by atoms with E-state index >= 15 is 0 Å². The van der Waals surface area contributed by atoms with Crippen molar-refractivity contribution in [1.29, 1.82) is 0 Å². The highest BCUT2D eigenvalue weighted by molar-refractivity contribution is 7.00. The number of benzene rings is 3. The third kappa shape index (κ3) is 12.7. The molecule has 4 rings (SSSR count). The molecule has 15 nitrogen and oxygen atoms in total. The lowest BCUT2D eigenvalue weighted by molar-refractivity contribution is -0.144. The van der Waals surface area contributed by atoms with Crippen LogP contribution < -0.4 is 18.9 Å². The topological polar surface area (TPSA) is 188 Å². The number of hydrogen-bond donors (Lipinski definition) is 0. The molecule has 16 heteroatoms. The maximum Gasteiger partial charge on any atom is 0.305 e. The van der Waals surface area contributed by atoms with Gasteiger partial charge in [0.25, 0.3) is 5.91 Å². The van der Waals surface area contributed by atoms with Gasteiger partial charge in [-0.1, -0.05) is 24.3 Å². The van der Waals surface area contributed by atoms with Gasteiger partial charge in [-0.05, 0) is 70.7 Å². The fourth-order valence-corrected chi connectivity index (χ4v) is 6.22. The molecule has 0 fully saturated rings. The summed E-state index contributed by atoms with van der Waals surface area (Å²) in [4.78, 5) is 58.0. The van der Waals surface area contributed by atoms with Crippen LogP contribution in [0, 0.1) is 4.91 Å². The zero-order chi connectivity index (χ0) is 40.1. The maximum atomic E-state index is 12.0. The molecule has 3 aromatic carbocycles. The smallest absolute Gasteiger partial charge is 0.305 e. The first-order chi connectivity index (χ1) is 27.3. The second kappa shape index (κ2) is 23.3. The van der Waals surface area contributed by atoms with Crippen molar-refractivity contribution >= 4 is 46.6 Å². The lowest BCUT2D eigenvalue weighted by atomic mass is 9.95. The van der Waals surface area contributed by atoms with Gasteiger partial charge >= 0.3 is 17.9 Å². The van der Waals surface area contributed by atoms with Crippen molar-refractivity contribution < 1.29 is 52.3 Å². The first-order valence-electron chi connectivity index (χ1n) is 18.7. The molecule has 300 valence electrons. The Bertz CT molecular complexity index is 1890. The fourth-order valence-electron chi connectivity index (χ4n) is 5.65. The number of rotatable bonds is 25. The van der Waals surface area contributed by atoms with E-state index in [1.807, 2.05) is 12.1 Å². The second-order valence-corrected chi connectivity index (χ2v) is 12.6. The summed E-state index contributed by atoms with van der Waals surface area (Å²) in [5, 5.41) is 2.45. The first-order valence-corrected chi connectivity index (χ1v) is 19.4. The Morgan fingerprint density at radius 2 is 0.875 bits per heavy atom. The van der Waals surface area contributed by atoms with Crippen molar-refractivity contribution in [2.24, 2.45) is 5.18 Å². The van der Waals surface area contributed by atoms with Crippen LogP contribution >= 0.6 is 11.7 Å². The van der Waals surface area contributed by atoms with Crippen molar-refractivity contribution in [3.63, 3.8) is 0 Å². The van der Waals surface area contributed by atoms with E-state index in [4.69, 9.17) is 41.9 Å². The molecule has 0 aliphatic rings. The first kappa shape index (κ1) is 43.1. The standard InChI is InChI=1S/C40H47N3O12S/c1-4-49-34(45)18-10-24-53-30-14-7-13-29(52-23-9-17-33(44)41-48)37(30)27-21-22-28(40-39(27)42-56-43-40)38-31(54-25-11-19-35(46)50-5-2)15-8-16-32(38)55-26-12-20-36(47)51-6-3/h7-8,13-16,21-22H,4-6,9-12,17-20,23-26H2,1-3H3. The third-order valence-corrected chi connectivity index (χ3v) is 8.62. The minimum atomic E-state index is -0.760. The van der Waals surface area contributed by atoms with Crippen LogP contribution in [0.5, 0.6) is 23.0 Å². The molecular formula is C40H47N3O12S. The van der Waals surface area contributed by atoms with Crippen LogP contribution in [0.3, 0.4) is 0 Å². The van der Waals surface area contributed by atoms with Gasteiger partial charge in [-0.15, -0.1) is 4.91 Å². The highest BCUT2D eigenvalue weighted by Gasteiger charge is 2.24. The molecule has 1 aromatic heterocycles. The maximum absolute atomic E-state index is 12.0. The number of hydrogen-bond acceptors (Lipinski definition) is 15. The van der Waals surface area contributed by atoms with Crippen molar-refractivity contribution in [2.45, 2.75) is 72.1 Å². The Morgan fingerprint density at radius 1 is 0.536 bits per heavy atom. The van der Waals surface area contributed by atoms with Crippen molar-refractivity contribution in [2.75, 3.05) is 46.2 Å². The minimum absolute atomic E-state index is 0.0602. The fraction of sp³-hybridized carbons (Fsp3) is 0.450. The van der Waals surface area contributed by atoms with E-state index in [1.165, 1.54) is 0 Å². The molecule has 0 atom stereocenters. The van der Waals surface area contributed by atoms with Gasteiger partial charge in [-0.2, -0.15) is 8.75 Å². The van der Waals surface area contributed by atoms with E-state index in [1.54, 1.807) is 57.2 Å². The number of carbonyl (C=O) groups is 4. The van der Waals surface area contributed by atoms with Gasteiger partial charge in [0.2, 0.25) is 0 Å². The summed E-state index contributed by atoms with van der Waals surface area (Å²) in [6.07, 6.45) is 2.04. The molecular weight excluding hydrogens is 747 g/mol. The predicted octanol–water partition coefficient (Wildman–Crippen LogP) is 7.64. The predicted molar refractivity (Wildman–Crippen MR) is 208 cm³/mol. The number of aromatic nitrogens is 2. The highest BCUT2D eigenvalue weighted by atomic mass is 32.1. The number of nitroso groups, excluding NO2 is 1. The number of amides is 1. The van der Waals surface area contributed by atoms with Gasteiger partial charge in [0.15, 0.2) is 0 Å². The molecule has 0 N–H and O–H groups in total. The largest absolute Gasteiger partial charge is 0.493 e.